The molecule has 0 bridgehead atoms. The predicted molar refractivity (Wildman–Crippen MR) is 74.7 cm³/mol. The molecule has 1 aromatic rings. The van der Waals surface area contributed by atoms with Gasteiger partial charge in [-0.15, -0.1) is 11.8 Å². The van der Waals surface area contributed by atoms with Crippen molar-refractivity contribution in [3.63, 3.8) is 0 Å². The molecule has 3 unspecified atom stereocenters. The van der Waals surface area contributed by atoms with Crippen LogP contribution in [0.25, 0.3) is 0 Å². The van der Waals surface area contributed by atoms with Gasteiger partial charge in [-0.1, -0.05) is 32.9 Å². The molecule has 0 amide bonds. The Morgan fingerprint density at radius 2 is 1.94 bits per heavy atom. The Labute approximate surface area is 109 Å². The number of rotatable bonds is 6. The summed E-state index contributed by atoms with van der Waals surface area (Å²) in [5.74, 6) is 1.79. The lowest BCUT2D eigenvalue weighted by atomic mass is 9.96. The van der Waals surface area contributed by atoms with Gasteiger partial charge in [-0.25, -0.2) is 0 Å². The fourth-order valence-corrected chi connectivity index (χ4v) is 3.02. The fourth-order valence-electron chi connectivity index (χ4n) is 2.36. The Morgan fingerprint density at radius 3 is 2.47 bits per heavy atom. The summed E-state index contributed by atoms with van der Waals surface area (Å²) >= 11 is 1.90. The highest BCUT2D eigenvalue weighted by atomic mass is 32.2. The molecule has 3 atom stereocenters. The number of ether oxygens (including phenoxy) is 1. The zero-order valence-electron chi connectivity index (χ0n) is 11.0. The molecule has 1 aliphatic rings. The Kier molecular flexibility index (Phi) is 4.52. The second-order valence-electron chi connectivity index (χ2n) is 4.81. The van der Waals surface area contributed by atoms with Gasteiger partial charge in [-0.2, -0.15) is 0 Å². The lowest BCUT2D eigenvalue weighted by Crippen LogP contribution is -2.09. The first-order chi connectivity index (χ1) is 8.24. The first-order valence-corrected chi connectivity index (χ1v) is 7.60. The van der Waals surface area contributed by atoms with Crippen LogP contribution in [0.3, 0.4) is 0 Å². The molecule has 94 valence electrons. The number of thioether (sulfide) groups is 1. The first kappa shape index (κ1) is 13.0. The van der Waals surface area contributed by atoms with Gasteiger partial charge in [0.05, 0.1) is 12.2 Å². The second-order valence-corrected chi connectivity index (χ2v) is 6.14. The largest absolute Gasteiger partial charge is 0.369 e. The lowest BCUT2D eigenvalue weighted by Gasteiger charge is -2.09. The third-order valence-corrected chi connectivity index (χ3v) is 4.27. The van der Waals surface area contributed by atoms with E-state index in [1.54, 1.807) is 0 Å². The monoisotopic (exact) mass is 250 g/mol. The molecular formula is C15H22OS. The van der Waals surface area contributed by atoms with Crippen LogP contribution in [0, 0.1) is 5.92 Å². The molecule has 0 aromatic heterocycles. The van der Waals surface area contributed by atoms with Gasteiger partial charge >= 0.3 is 0 Å². The van der Waals surface area contributed by atoms with Crippen molar-refractivity contribution in [3.05, 3.63) is 29.8 Å². The normalized spacial score (nSPS) is 24.6. The van der Waals surface area contributed by atoms with Gasteiger partial charge in [0, 0.05) is 4.90 Å². The summed E-state index contributed by atoms with van der Waals surface area (Å²) < 4.78 is 5.66. The topological polar surface area (TPSA) is 12.5 Å². The van der Waals surface area contributed by atoms with Crippen LogP contribution < -0.4 is 0 Å². The molecular weight excluding hydrogens is 228 g/mol. The van der Waals surface area contributed by atoms with Gasteiger partial charge in [0.2, 0.25) is 0 Å². The summed E-state index contributed by atoms with van der Waals surface area (Å²) in [5, 5.41) is 0. The predicted octanol–water partition coefficient (Wildman–Crippen LogP) is 4.15. The van der Waals surface area contributed by atoms with E-state index in [1.807, 2.05) is 11.8 Å². The van der Waals surface area contributed by atoms with Crippen molar-refractivity contribution in [1.82, 2.24) is 0 Å². The Morgan fingerprint density at radius 1 is 1.24 bits per heavy atom. The second kappa shape index (κ2) is 5.92. The van der Waals surface area contributed by atoms with Crippen molar-refractivity contribution < 1.29 is 4.74 Å². The van der Waals surface area contributed by atoms with Crippen molar-refractivity contribution in [2.24, 2.45) is 5.92 Å². The van der Waals surface area contributed by atoms with Gasteiger partial charge < -0.3 is 4.74 Å². The zero-order valence-corrected chi connectivity index (χ0v) is 11.8. The molecule has 0 radical (unpaired) electrons. The molecule has 1 aromatic carbocycles. The Hall–Kier alpha value is -0.470. The van der Waals surface area contributed by atoms with Crippen LogP contribution >= 0.6 is 11.8 Å². The molecule has 0 aliphatic carbocycles. The highest BCUT2D eigenvalue weighted by molar-refractivity contribution is 7.99. The van der Waals surface area contributed by atoms with E-state index in [2.05, 4.69) is 45.0 Å². The molecule has 1 heterocycles. The summed E-state index contributed by atoms with van der Waals surface area (Å²) in [6.07, 6.45) is 3.32. The highest BCUT2D eigenvalue weighted by Crippen LogP contribution is 2.33. The molecule has 1 fully saturated rings. The summed E-state index contributed by atoms with van der Waals surface area (Å²) in [6, 6.07) is 9.00. The zero-order chi connectivity index (χ0) is 12.3. The number of benzene rings is 1. The van der Waals surface area contributed by atoms with E-state index in [0.29, 0.717) is 18.1 Å². The summed E-state index contributed by atoms with van der Waals surface area (Å²) in [6.45, 7) is 6.69. The van der Waals surface area contributed by atoms with Crippen LogP contribution in [-0.4, -0.2) is 18.0 Å². The van der Waals surface area contributed by atoms with Crippen LogP contribution in [0.4, 0.5) is 0 Å². The van der Waals surface area contributed by atoms with E-state index >= 15 is 0 Å². The fraction of sp³-hybridized carbons (Fsp3) is 0.600. The average Bonchev–Trinajstić information content (AvgIpc) is 3.11. The molecule has 1 saturated heterocycles. The van der Waals surface area contributed by atoms with Crippen LogP contribution in [0.1, 0.15) is 32.8 Å². The van der Waals surface area contributed by atoms with E-state index in [9.17, 15) is 0 Å². The average molecular weight is 250 g/mol. The van der Waals surface area contributed by atoms with E-state index in [-0.39, 0.29) is 0 Å². The molecule has 2 rings (SSSR count). The number of hydrogen-bond acceptors (Lipinski definition) is 2. The van der Waals surface area contributed by atoms with Gasteiger partial charge in [-0.3, -0.25) is 0 Å². The highest BCUT2D eigenvalue weighted by Gasteiger charge is 2.40. The van der Waals surface area contributed by atoms with Crippen LogP contribution in [0.5, 0.6) is 0 Å². The minimum Gasteiger partial charge on any atom is -0.369 e. The van der Waals surface area contributed by atoms with Crippen molar-refractivity contribution in [2.75, 3.05) is 5.75 Å². The third-order valence-electron chi connectivity index (χ3n) is 3.38. The third kappa shape index (κ3) is 3.49. The molecule has 0 saturated carbocycles. The minimum absolute atomic E-state index is 0.504. The lowest BCUT2D eigenvalue weighted by molar-refractivity contribution is 0.322. The molecule has 0 spiro atoms. The standard InChI is InChI=1S/C15H22OS/c1-4-14-15(16-14)11(3)10-12-6-8-13(9-7-12)17-5-2/h6-9,11,14-15H,4-5,10H2,1-3H3. The van der Waals surface area contributed by atoms with Crippen LogP contribution in [-0.2, 0) is 11.2 Å². The van der Waals surface area contributed by atoms with E-state index in [1.165, 1.54) is 10.5 Å². The SMILES string of the molecule is CCSc1ccc(CC(C)C2OC2CC)cc1. The maximum absolute atomic E-state index is 5.66. The van der Waals surface area contributed by atoms with E-state index in [0.717, 1.165) is 18.6 Å². The van der Waals surface area contributed by atoms with Crippen LogP contribution in [0.15, 0.2) is 29.2 Å². The molecule has 1 nitrogen and oxygen atoms in total. The summed E-state index contributed by atoms with van der Waals surface area (Å²) in [7, 11) is 0. The summed E-state index contributed by atoms with van der Waals surface area (Å²) in [5.41, 5.74) is 1.43. The van der Waals surface area contributed by atoms with E-state index < -0.39 is 0 Å². The first-order valence-electron chi connectivity index (χ1n) is 6.61. The van der Waals surface area contributed by atoms with Crippen LogP contribution in [0.2, 0.25) is 0 Å². The molecule has 2 heteroatoms. The van der Waals surface area contributed by atoms with Crippen molar-refractivity contribution in [2.45, 2.75) is 50.7 Å². The van der Waals surface area contributed by atoms with Crippen molar-refractivity contribution in [3.8, 4) is 0 Å². The molecule has 1 aliphatic heterocycles. The van der Waals surface area contributed by atoms with Gasteiger partial charge in [-0.05, 0) is 42.2 Å². The smallest absolute Gasteiger partial charge is 0.0870 e. The number of epoxide rings is 1. The van der Waals surface area contributed by atoms with Crippen molar-refractivity contribution >= 4 is 11.8 Å². The van der Waals surface area contributed by atoms with Crippen molar-refractivity contribution in [1.29, 1.82) is 0 Å². The van der Waals surface area contributed by atoms with E-state index in [4.69, 9.17) is 4.74 Å². The Balaban J connectivity index is 1.86. The minimum atomic E-state index is 0.504. The molecule has 17 heavy (non-hydrogen) atoms. The van der Waals surface area contributed by atoms with Gasteiger partial charge in [0.25, 0.3) is 0 Å². The maximum atomic E-state index is 5.66. The summed E-state index contributed by atoms with van der Waals surface area (Å²) in [4.78, 5) is 1.37. The van der Waals surface area contributed by atoms with Gasteiger partial charge in [0.15, 0.2) is 0 Å². The molecule has 0 N–H and O–H groups in total. The maximum Gasteiger partial charge on any atom is 0.0870 e. The Bertz CT molecular complexity index is 346. The van der Waals surface area contributed by atoms with Gasteiger partial charge in [0.1, 0.15) is 0 Å². The number of hydrogen-bond donors (Lipinski definition) is 0. The quantitative estimate of drug-likeness (QED) is 0.555.